The van der Waals surface area contributed by atoms with Crippen LogP contribution < -0.4 is 5.32 Å². The maximum atomic E-state index is 12.5. The molecule has 122 valence electrons. The molecule has 0 unspecified atom stereocenters. The average molecular weight is 410 g/mol. The fourth-order valence-corrected chi connectivity index (χ4v) is 4.24. The van der Waals surface area contributed by atoms with E-state index in [-0.39, 0.29) is 11.8 Å². The highest BCUT2D eigenvalue weighted by molar-refractivity contribution is 9.10. The molecule has 0 aliphatic carbocycles. The summed E-state index contributed by atoms with van der Waals surface area (Å²) >= 11 is 8.73. The van der Waals surface area contributed by atoms with E-state index in [1.807, 2.05) is 0 Å². The summed E-state index contributed by atoms with van der Waals surface area (Å²) in [4.78, 5) is 11.4. The Labute approximate surface area is 144 Å². The van der Waals surface area contributed by atoms with Crippen LogP contribution in [0.15, 0.2) is 33.6 Å². The van der Waals surface area contributed by atoms with Crippen LogP contribution in [0.5, 0.6) is 0 Å². The van der Waals surface area contributed by atoms with Crippen LogP contribution in [-0.2, 0) is 14.8 Å². The van der Waals surface area contributed by atoms with Crippen LogP contribution in [0, 0.1) is 5.92 Å². The second-order valence-electron chi connectivity index (χ2n) is 5.24. The molecular weight excluding hydrogens is 392 g/mol. The largest absolute Gasteiger partial charge is 0.355 e. The van der Waals surface area contributed by atoms with Gasteiger partial charge in [0.15, 0.2) is 0 Å². The van der Waals surface area contributed by atoms with Gasteiger partial charge in [-0.05, 0) is 43.0 Å². The third-order valence-corrected chi connectivity index (χ3v) is 6.42. The van der Waals surface area contributed by atoms with Crippen molar-refractivity contribution < 1.29 is 13.2 Å². The number of sulfonamides is 1. The Kier molecular flexibility index (Phi) is 6.26. The Bertz CT molecular complexity index is 613. The lowest BCUT2D eigenvalue weighted by Crippen LogP contribution is -2.41. The number of alkyl halides is 1. The van der Waals surface area contributed by atoms with Gasteiger partial charge in [-0.25, -0.2) is 8.42 Å². The van der Waals surface area contributed by atoms with Crippen molar-refractivity contribution in [3.8, 4) is 0 Å². The van der Waals surface area contributed by atoms with Crippen LogP contribution in [0.25, 0.3) is 0 Å². The molecule has 1 aliphatic heterocycles. The van der Waals surface area contributed by atoms with Crippen molar-refractivity contribution in [1.82, 2.24) is 9.62 Å². The molecule has 1 aromatic carbocycles. The van der Waals surface area contributed by atoms with E-state index >= 15 is 0 Å². The number of hydrogen-bond donors (Lipinski definition) is 1. The highest BCUT2D eigenvalue weighted by atomic mass is 79.9. The average Bonchev–Trinajstić information content (AvgIpc) is 2.53. The van der Waals surface area contributed by atoms with Crippen LogP contribution in [0.1, 0.15) is 12.8 Å². The zero-order chi connectivity index (χ0) is 16.2. The second kappa shape index (κ2) is 7.77. The first kappa shape index (κ1) is 17.7. The maximum Gasteiger partial charge on any atom is 0.243 e. The molecule has 1 aromatic rings. The van der Waals surface area contributed by atoms with E-state index in [9.17, 15) is 13.2 Å². The Morgan fingerprint density at radius 1 is 1.27 bits per heavy atom. The summed E-state index contributed by atoms with van der Waals surface area (Å²) in [5.74, 6) is 0.0617. The fourth-order valence-electron chi connectivity index (χ4n) is 2.41. The van der Waals surface area contributed by atoms with E-state index in [1.165, 1.54) is 4.31 Å². The number of amides is 1. The van der Waals surface area contributed by atoms with Gasteiger partial charge in [0, 0.05) is 24.1 Å². The van der Waals surface area contributed by atoms with Crippen LogP contribution in [0.3, 0.4) is 0 Å². The van der Waals surface area contributed by atoms with Gasteiger partial charge in [-0.15, -0.1) is 11.6 Å². The molecule has 1 amide bonds. The number of carbonyl (C=O) groups excluding carboxylic acids is 1. The number of rotatable bonds is 5. The van der Waals surface area contributed by atoms with Gasteiger partial charge in [-0.1, -0.05) is 15.9 Å². The number of nitrogens with one attached hydrogen (secondary N) is 1. The molecule has 0 atom stereocenters. The lowest BCUT2D eigenvalue weighted by molar-refractivity contribution is -0.118. The van der Waals surface area contributed by atoms with Gasteiger partial charge in [0.05, 0.1) is 4.90 Å². The Hall–Kier alpha value is -0.630. The van der Waals surface area contributed by atoms with E-state index in [4.69, 9.17) is 11.6 Å². The van der Waals surface area contributed by atoms with Crippen LogP contribution >= 0.6 is 27.5 Å². The molecule has 0 spiro atoms. The van der Waals surface area contributed by atoms with Gasteiger partial charge in [0.2, 0.25) is 15.9 Å². The quantitative estimate of drug-likeness (QED) is 0.758. The second-order valence-corrected chi connectivity index (χ2v) is 8.36. The van der Waals surface area contributed by atoms with Crippen molar-refractivity contribution in [2.75, 3.05) is 25.5 Å². The SMILES string of the molecule is O=C(CCl)NCC1CCN(S(=O)(=O)c2ccc(Br)cc2)CC1. The van der Waals surface area contributed by atoms with E-state index in [0.29, 0.717) is 30.4 Å². The monoisotopic (exact) mass is 408 g/mol. The number of hydrogen-bond acceptors (Lipinski definition) is 3. The van der Waals surface area contributed by atoms with Crippen molar-refractivity contribution >= 4 is 43.5 Å². The standard InChI is InChI=1S/C14H18BrClN2O3S/c15-12-1-3-13(4-2-12)22(20,21)18-7-5-11(6-8-18)10-17-14(19)9-16/h1-4,11H,5-10H2,(H,17,19). The highest BCUT2D eigenvalue weighted by Gasteiger charge is 2.29. The summed E-state index contributed by atoms with van der Waals surface area (Å²) in [5.41, 5.74) is 0. The minimum Gasteiger partial charge on any atom is -0.355 e. The lowest BCUT2D eigenvalue weighted by Gasteiger charge is -2.31. The molecule has 1 N–H and O–H groups in total. The van der Waals surface area contributed by atoms with E-state index in [2.05, 4.69) is 21.2 Å². The molecule has 5 nitrogen and oxygen atoms in total. The van der Waals surface area contributed by atoms with E-state index in [0.717, 1.165) is 17.3 Å². The predicted molar refractivity (Wildman–Crippen MR) is 89.4 cm³/mol. The van der Waals surface area contributed by atoms with E-state index in [1.54, 1.807) is 24.3 Å². The molecule has 1 aliphatic rings. The first-order chi connectivity index (χ1) is 10.4. The highest BCUT2D eigenvalue weighted by Crippen LogP contribution is 2.24. The summed E-state index contributed by atoms with van der Waals surface area (Å²) in [5, 5.41) is 2.75. The molecule has 1 fully saturated rings. The van der Waals surface area contributed by atoms with Crippen LogP contribution in [0.2, 0.25) is 0 Å². The third kappa shape index (κ3) is 4.44. The fraction of sp³-hybridized carbons (Fsp3) is 0.500. The van der Waals surface area contributed by atoms with Gasteiger partial charge in [0.1, 0.15) is 5.88 Å². The van der Waals surface area contributed by atoms with E-state index < -0.39 is 10.0 Å². The molecule has 22 heavy (non-hydrogen) atoms. The Morgan fingerprint density at radius 2 is 1.86 bits per heavy atom. The first-order valence-corrected chi connectivity index (χ1v) is 9.78. The minimum absolute atomic E-state index is 0.0449. The van der Waals surface area contributed by atoms with Crippen molar-refractivity contribution in [3.63, 3.8) is 0 Å². The molecule has 2 rings (SSSR count). The van der Waals surface area contributed by atoms with Crippen LogP contribution in [-0.4, -0.2) is 44.1 Å². The first-order valence-electron chi connectivity index (χ1n) is 7.02. The zero-order valence-electron chi connectivity index (χ0n) is 12.0. The summed E-state index contributed by atoms with van der Waals surface area (Å²) in [6.45, 7) is 1.50. The summed E-state index contributed by atoms with van der Waals surface area (Å²) in [6.07, 6.45) is 1.47. The molecule has 0 radical (unpaired) electrons. The minimum atomic E-state index is -3.43. The predicted octanol–water partition coefficient (Wildman–Crippen LogP) is 2.20. The number of piperidine rings is 1. The summed E-state index contributed by atoms with van der Waals surface area (Å²) in [6, 6.07) is 6.65. The van der Waals surface area contributed by atoms with Gasteiger partial charge in [0.25, 0.3) is 0 Å². The van der Waals surface area contributed by atoms with Crippen molar-refractivity contribution in [1.29, 1.82) is 0 Å². The normalized spacial score (nSPS) is 17.4. The van der Waals surface area contributed by atoms with Gasteiger partial charge < -0.3 is 5.32 Å². The molecule has 0 aromatic heterocycles. The zero-order valence-corrected chi connectivity index (χ0v) is 15.1. The van der Waals surface area contributed by atoms with Crippen molar-refractivity contribution in [2.24, 2.45) is 5.92 Å². The van der Waals surface area contributed by atoms with Gasteiger partial charge >= 0.3 is 0 Å². The smallest absolute Gasteiger partial charge is 0.243 e. The van der Waals surface area contributed by atoms with Crippen molar-refractivity contribution in [2.45, 2.75) is 17.7 Å². The van der Waals surface area contributed by atoms with Crippen LogP contribution in [0.4, 0.5) is 0 Å². The lowest BCUT2D eigenvalue weighted by atomic mass is 9.98. The topological polar surface area (TPSA) is 66.5 Å². The molecular formula is C14H18BrClN2O3S. The number of carbonyl (C=O) groups is 1. The maximum absolute atomic E-state index is 12.5. The number of halogens is 2. The molecule has 0 saturated carbocycles. The van der Waals surface area contributed by atoms with Gasteiger partial charge in [-0.2, -0.15) is 4.31 Å². The molecule has 1 saturated heterocycles. The molecule has 8 heteroatoms. The third-order valence-electron chi connectivity index (χ3n) is 3.73. The van der Waals surface area contributed by atoms with Gasteiger partial charge in [-0.3, -0.25) is 4.79 Å². The molecule has 0 bridgehead atoms. The molecule has 1 heterocycles. The van der Waals surface area contributed by atoms with Crippen molar-refractivity contribution in [3.05, 3.63) is 28.7 Å². The Balaban J connectivity index is 1.93. The number of benzene rings is 1. The Morgan fingerprint density at radius 3 is 2.41 bits per heavy atom. The summed E-state index contributed by atoms with van der Waals surface area (Å²) in [7, 11) is -3.43. The number of nitrogens with zero attached hydrogens (tertiary/aromatic N) is 1. The summed E-state index contributed by atoms with van der Waals surface area (Å²) < 4.78 is 27.4.